The van der Waals surface area contributed by atoms with Gasteiger partial charge in [0.25, 0.3) is 0 Å². The lowest BCUT2D eigenvalue weighted by Crippen LogP contribution is -2.19. The summed E-state index contributed by atoms with van der Waals surface area (Å²) in [6, 6.07) is 11.8. The van der Waals surface area contributed by atoms with E-state index in [0.29, 0.717) is 11.6 Å². The molecule has 4 rings (SSSR count). The molecule has 1 aliphatic carbocycles. The molecule has 2 amide bonds. The Balaban J connectivity index is 1.45. The van der Waals surface area contributed by atoms with Crippen molar-refractivity contribution >= 4 is 28.4 Å². The third-order valence-electron chi connectivity index (χ3n) is 4.90. The van der Waals surface area contributed by atoms with Gasteiger partial charge in [0.2, 0.25) is 0 Å². The van der Waals surface area contributed by atoms with Crippen LogP contribution in [-0.2, 0) is 0 Å². The monoisotopic (exact) mass is 334 g/mol. The maximum atomic E-state index is 12.3. The van der Waals surface area contributed by atoms with Crippen LogP contribution in [0.25, 0.3) is 11.0 Å². The number of hydrogen-bond acceptors (Lipinski definition) is 2. The van der Waals surface area contributed by atoms with Crippen molar-refractivity contribution in [2.24, 2.45) is 0 Å². The number of pyridine rings is 1. The average molecular weight is 334 g/mol. The largest absolute Gasteiger partial charge is 0.358 e. The fourth-order valence-electron chi connectivity index (χ4n) is 3.64. The number of benzene rings is 1. The Morgan fingerprint density at radius 2 is 1.96 bits per heavy atom. The Labute approximate surface area is 146 Å². The van der Waals surface area contributed by atoms with Crippen molar-refractivity contribution in [3.05, 3.63) is 54.4 Å². The minimum Gasteiger partial charge on any atom is -0.358 e. The van der Waals surface area contributed by atoms with Crippen LogP contribution in [0.1, 0.15) is 43.6 Å². The smallest absolute Gasteiger partial charge is 0.323 e. The molecule has 0 spiro atoms. The Morgan fingerprint density at radius 3 is 2.84 bits per heavy atom. The lowest BCUT2D eigenvalue weighted by molar-refractivity contribution is 0.262. The Morgan fingerprint density at radius 1 is 1.08 bits per heavy atom. The molecule has 128 valence electrons. The van der Waals surface area contributed by atoms with Gasteiger partial charge in [-0.3, -0.25) is 4.98 Å². The van der Waals surface area contributed by atoms with E-state index in [-0.39, 0.29) is 6.03 Å². The number of amides is 2. The number of H-pyrrole nitrogens is 1. The SMILES string of the molecule is O=C(Nc1cccc(C2CCCCC2)c1)Nc1c[nH]c2cccnc12. The molecule has 0 saturated heterocycles. The molecule has 0 atom stereocenters. The minimum absolute atomic E-state index is 0.257. The highest BCUT2D eigenvalue weighted by molar-refractivity contribution is 6.04. The zero-order chi connectivity index (χ0) is 17.1. The zero-order valence-electron chi connectivity index (χ0n) is 14.1. The zero-order valence-corrected chi connectivity index (χ0v) is 14.1. The summed E-state index contributed by atoms with van der Waals surface area (Å²) in [6.07, 6.45) is 9.91. The number of urea groups is 1. The van der Waals surface area contributed by atoms with Crippen molar-refractivity contribution in [3.63, 3.8) is 0 Å². The van der Waals surface area contributed by atoms with Crippen LogP contribution in [0.5, 0.6) is 0 Å². The molecule has 1 saturated carbocycles. The molecule has 0 bridgehead atoms. The maximum absolute atomic E-state index is 12.3. The highest BCUT2D eigenvalue weighted by Gasteiger charge is 2.16. The van der Waals surface area contributed by atoms with Crippen LogP contribution in [0.4, 0.5) is 16.2 Å². The molecule has 0 aliphatic heterocycles. The van der Waals surface area contributed by atoms with Gasteiger partial charge in [0, 0.05) is 18.1 Å². The third-order valence-corrected chi connectivity index (χ3v) is 4.90. The first-order valence-corrected chi connectivity index (χ1v) is 8.90. The van der Waals surface area contributed by atoms with E-state index in [1.54, 1.807) is 12.4 Å². The molecule has 0 radical (unpaired) electrons. The van der Waals surface area contributed by atoms with Crippen LogP contribution in [-0.4, -0.2) is 16.0 Å². The summed E-state index contributed by atoms with van der Waals surface area (Å²) in [4.78, 5) is 19.8. The Kier molecular flexibility index (Phi) is 4.37. The molecular formula is C20H22N4O. The highest BCUT2D eigenvalue weighted by Crippen LogP contribution is 2.33. The van der Waals surface area contributed by atoms with Crippen LogP contribution >= 0.6 is 0 Å². The maximum Gasteiger partial charge on any atom is 0.323 e. The minimum atomic E-state index is -0.257. The Bertz CT molecular complexity index is 880. The molecular weight excluding hydrogens is 312 g/mol. The van der Waals surface area contributed by atoms with Gasteiger partial charge in [-0.1, -0.05) is 31.4 Å². The van der Waals surface area contributed by atoms with Gasteiger partial charge in [-0.15, -0.1) is 0 Å². The molecule has 5 nitrogen and oxygen atoms in total. The van der Waals surface area contributed by atoms with E-state index in [1.165, 1.54) is 37.7 Å². The number of aromatic nitrogens is 2. The van der Waals surface area contributed by atoms with Crippen molar-refractivity contribution < 1.29 is 4.79 Å². The first kappa shape index (κ1) is 15.7. The summed E-state index contributed by atoms with van der Waals surface area (Å²) in [6.45, 7) is 0. The molecule has 0 unspecified atom stereocenters. The van der Waals surface area contributed by atoms with Crippen LogP contribution < -0.4 is 10.6 Å². The van der Waals surface area contributed by atoms with Gasteiger partial charge in [-0.2, -0.15) is 0 Å². The van der Waals surface area contributed by atoms with Gasteiger partial charge in [0.1, 0.15) is 5.52 Å². The lowest BCUT2D eigenvalue weighted by Gasteiger charge is -2.22. The lowest BCUT2D eigenvalue weighted by atomic mass is 9.84. The van der Waals surface area contributed by atoms with Crippen molar-refractivity contribution in [1.29, 1.82) is 0 Å². The van der Waals surface area contributed by atoms with Crippen molar-refractivity contribution in [2.45, 2.75) is 38.0 Å². The Hall–Kier alpha value is -2.82. The van der Waals surface area contributed by atoms with E-state index in [0.717, 1.165) is 16.7 Å². The third kappa shape index (κ3) is 3.50. The van der Waals surface area contributed by atoms with E-state index in [9.17, 15) is 4.79 Å². The van der Waals surface area contributed by atoms with E-state index >= 15 is 0 Å². The number of hydrogen-bond donors (Lipinski definition) is 3. The normalized spacial score (nSPS) is 15.2. The first-order valence-electron chi connectivity index (χ1n) is 8.90. The first-order chi connectivity index (χ1) is 12.3. The topological polar surface area (TPSA) is 69.8 Å². The molecule has 3 aromatic rings. The van der Waals surface area contributed by atoms with Crippen molar-refractivity contribution in [3.8, 4) is 0 Å². The predicted octanol–water partition coefficient (Wildman–Crippen LogP) is 5.25. The molecule has 2 aromatic heterocycles. The number of anilines is 2. The standard InChI is InChI=1S/C20H22N4O/c25-20(24-18-13-22-17-10-5-11-21-19(17)18)23-16-9-4-8-15(12-16)14-6-2-1-3-7-14/h4-5,8-14,22H,1-3,6-7H2,(H2,23,24,25). The molecule has 25 heavy (non-hydrogen) atoms. The number of rotatable bonds is 3. The summed E-state index contributed by atoms with van der Waals surface area (Å²) in [5.41, 5.74) is 4.49. The van der Waals surface area contributed by atoms with Crippen molar-refractivity contribution in [1.82, 2.24) is 9.97 Å². The molecule has 5 heteroatoms. The second-order valence-electron chi connectivity index (χ2n) is 6.64. The number of carbonyl (C=O) groups is 1. The van der Waals surface area contributed by atoms with Gasteiger partial charge in [0.15, 0.2) is 0 Å². The fourth-order valence-corrected chi connectivity index (χ4v) is 3.64. The average Bonchev–Trinajstić information content (AvgIpc) is 3.06. The second-order valence-corrected chi connectivity index (χ2v) is 6.64. The summed E-state index contributed by atoms with van der Waals surface area (Å²) in [7, 11) is 0. The predicted molar refractivity (Wildman–Crippen MR) is 101 cm³/mol. The summed E-state index contributed by atoms with van der Waals surface area (Å²) in [5, 5.41) is 5.80. The molecule has 1 aliphatic rings. The van der Waals surface area contributed by atoms with Gasteiger partial charge in [-0.25, -0.2) is 4.79 Å². The molecule has 1 fully saturated rings. The summed E-state index contributed by atoms with van der Waals surface area (Å²) < 4.78 is 0. The number of fused-ring (bicyclic) bond motifs is 1. The highest BCUT2D eigenvalue weighted by atomic mass is 16.2. The number of aromatic amines is 1. The van der Waals surface area contributed by atoms with Crippen molar-refractivity contribution in [2.75, 3.05) is 10.6 Å². The van der Waals surface area contributed by atoms with E-state index in [1.807, 2.05) is 24.3 Å². The molecule has 1 aromatic carbocycles. The van der Waals surface area contributed by atoms with Gasteiger partial charge in [-0.05, 0) is 48.6 Å². The van der Waals surface area contributed by atoms with Crippen LogP contribution in [0.3, 0.4) is 0 Å². The number of nitrogens with one attached hydrogen (secondary N) is 3. The number of nitrogens with zero attached hydrogens (tertiary/aromatic N) is 1. The quantitative estimate of drug-likeness (QED) is 0.612. The van der Waals surface area contributed by atoms with Crippen LogP contribution in [0.15, 0.2) is 48.8 Å². The fraction of sp³-hybridized carbons (Fsp3) is 0.300. The summed E-state index contributed by atoms with van der Waals surface area (Å²) in [5.74, 6) is 0.622. The van der Waals surface area contributed by atoms with Gasteiger partial charge < -0.3 is 15.6 Å². The molecule has 2 heterocycles. The summed E-state index contributed by atoms with van der Waals surface area (Å²) >= 11 is 0. The van der Waals surface area contributed by atoms with Crippen LogP contribution in [0, 0.1) is 0 Å². The van der Waals surface area contributed by atoms with E-state index in [4.69, 9.17) is 0 Å². The second kappa shape index (κ2) is 6.97. The van der Waals surface area contributed by atoms with Gasteiger partial charge in [0.05, 0.1) is 11.2 Å². The van der Waals surface area contributed by atoms with E-state index in [2.05, 4.69) is 32.7 Å². The molecule has 3 N–H and O–H groups in total. The van der Waals surface area contributed by atoms with Crippen LogP contribution in [0.2, 0.25) is 0 Å². The number of carbonyl (C=O) groups excluding carboxylic acids is 1. The van der Waals surface area contributed by atoms with Gasteiger partial charge >= 0.3 is 6.03 Å². The van der Waals surface area contributed by atoms with E-state index < -0.39 is 0 Å².